The molecule has 0 bridgehead atoms. The van der Waals surface area contributed by atoms with Crippen molar-refractivity contribution in [2.75, 3.05) is 26.2 Å². The molecule has 0 unspecified atom stereocenters. The number of carbonyl (C=O) groups excluding carboxylic acids is 2. The third-order valence-corrected chi connectivity index (χ3v) is 3.81. The highest BCUT2D eigenvalue weighted by Gasteiger charge is 1.88. The zero-order valence-electron chi connectivity index (χ0n) is 18.4. The summed E-state index contributed by atoms with van der Waals surface area (Å²) in [5.74, 6) is -2.45. The van der Waals surface area contributed by atoms with Crippen molar-refractivity contribution in [2.45, 2.75) is 98.3 Å². The van der Waals surface area contributed by atoms with Crippen LogP contribution in [-0.4, -0.2) is 38.1 Å². The first-order valence-electron chi connectivity index (χ1n) is 11.0. The van der Waals surface area contributed by atoms with Gasteiger partial charge in [-0.3, -0.25) is 0 Å². The summed E-state index contributed by atoms with van der Waals surface area (Å²) in [7, 11) is 0. The minimum absolute atomic E-state index is 0.0880. The molecule has 0 aliphatic carbocycles. The van der Waals surface area contributed by atoms with E-state index in [1.807, 2.05) is 0 Å². The van der Waals surface area contributed by atoms with Gasteiger partial charge in [-0.25, -0.2) is 0 Å². The normalized spacial score (nSPS) is 9.63. The van der Waals surface area contributed by atoms with Crippen LogP contribution in [0.3, 0.4) is 0 Å². The van der Waals surface area contributed by atoms with Crippen LogP contribution in [0, 0.1) is 0 Å². The van der Waals surface area contributed by atoms with Crippen molar-refractivity contribution in [3.63, 3.8) is 0 Å². The number of carboxylic acids is 2. The lowest BCUT2D eigenvalue weighted by Gasteiger charge is -2.01. The largest absolute Gasteiger partial charge is 0.550 e. The number of rotatable bonds is 16. The quantitative estimate of drug-likeness (QED) is 0.360. The molecule has 0 heterocycles. The number of aliphatic carboxylic acids is 2. The number of nitrogens with two attached hydrogens (primary N) is 2. The molecule has 0 aromatic heterocycles. The van der Waals surface area contributed by atoms with Gasteiger partial charge in [0.2, 0.25) is 0 Å². The van der Waals surface area contributed by atoms with Crippen molar-refractivity contribution in [1.82, 2.24) is 0 Å². The van der Waals surface area contributed by atoms with Gasteiger partial charge in [0.05, 0.1) is 26.2 Å². The van der Waals surface area contributed by atoms with Crippen LogP contribution in [0.5, 0.6) is 0 Å². The first kappa shape index (κ1) is 30.6. The van der Waals surface area contributed by atoms with E-state index in [-0.39, 0.29) is 19.3 Å². The molecule has 0 atom stereocenters. The summed E-state index contributed by atoms with van der Waals surface area (Å²) in [6.07, 6.45) is 10.5. The van der Waals surface area contributed by atoms with Crippen LogP contribution in [0.2, 0.25) is 0 Å². The van der Waals surface area contributed by atoms with E-state index in [4.69, 9.17) is 0 Å². The fourth-order valence-corrected chi connectivity index (χ4v) is 2.06. The average Bonchev–Trinajstić information content (AvgIpc) is 2.62. The van der Waals surface area contributed by atoms with E-state index in [0.717, 1.165) is 0 Å². The lowest BCUT2D eigenvalue weighted by Crippen LogP contribution is -2.84. The minimum Gasteiger partial charge on any atom is -0.550 e. The summed E-state index contributed by atoms with van der Waals surface area (Å²) in [5.41, 5.74) is 0. The third-order valence-electron chi connectivity index (χ3n) is 3.81. The highest BCUT2D eigenvalue weighted by molar-refractivity contribution is 5.67. The summed E-state index contributed by atoms with van der Waals surface area (Å²) in [5, 5.41) is 24.2. The SMILES string of the molecule is CCCC[NH2+]CCCC.CCCC[NH2+]CCCC.O=C([O-])CCCC(=O)[O-]. The number of hydrogen-bond donors (Lipinski definition) is 2. The van der Waals surface area contributed by atoms with Gasteiger partial charge < -0.3 is 30.4 Å². The lowest BCUT2D eigenvalue weighted by atomic mass is 10.2. The van der Waals surface area contributed by atoms with Crippen molar-refractivity contribution in [3.05, 3.63) is 0 Å². The Morgan fingerprint density at radius 1 is 0.556 bits per heavy atom. The van der Waals surface area contributed by atoms with Crippen LogP contribution >= 0.6 is 0 Å². The summed E-state index contributed by atoms with van der Waals surface area (Å²) in [4.78, 5) is 19.3. The van der Waals surface area contributed by atoms with Gasteiger partial charge in [0.1, 0.15) is 0 Å². The molecule has 6 heteroatoms. The summed E-state index contributed by atoms with van der Waals surface area (Å²) in [6.45, 7) is 14.3. The van der Waals surface area contributed by atoms with E-state index in [1.165, 1.54) is 77.5 Å². The standard InChI is InChI=1S/2C8H19N.C5H8O4/c2*1-3-5-7-9-8-6-4-2;6-4(7)2-1-3-5(8)9/h2*9H,3-8H2,1-2H3;1-3H2,(H,6,7)(H,8,9). The van der Waals surface area contributed by atoms with Gasteiger partial charge >= 0.3 is 0 Å². The highest BCUT2D eigenvalue weighted by atomic mass is 16.4. The molecule has 0 aliphatic rings. The number of carboxylic acid groups (broad SMARTS) is 2. The van der Waals surface area contributed by atoms with Gasteiger partial charge in [-0.1, -0.05) is 53.4 Å². The molecular weight excluding hydrogens is 344 g/mol. The van der Waals surface area contributed by atoms with Gasteiger partial charge in [-0.05, 0) is 44.9 Å². The van der Waals surface area contributed by atoms with Crippen molar-refractivity contribution >= 4 is 11.9 Å². The Balaban J connectivity index is -0.000000320. The maximum atomic E-state index is 9.66. The van der Waals surface area contributed by atoms with Crippen LogP contribution < -0.4 is 20.8 Å². The number of hydrogen-bond acceptors (Lipinski definition) is 4. The third kappa shape index (κ3) is 45.7. The first-order chi connectivity index (χ1) is 13.0. The molecule has 27 heavy (non-hydrogen) atoms. The summed E-state index contributed by atoms with van der Waals surface area (Å²) in [6, 6.07) is 0. The Labute approximate surface area is 167 Å². The molecule has 0 spiro atoms. The molecule has 0 amide bonds. The van der Waals surface area contributed by atoms with Crippen LogP contribution in [-0.2, 0) is 9.59 Å². The topological polar surface area (TPSA) is 113 Å². The molecule has 0 aromatic carbocycles. The molecule has 0 fully saturated rings. The molecule has 164 valence electrons. The minimum atomic E-state index is -1.23. The summed E-state index contributed by atoms with van der Waals surface area (Å²) >= 11 is 0. The van der Waals surface area contributed by atoms with Crippen molar-refractivity contribution in [2.24, 2.45) is 0 Å². The van der Waals surface area contributed by atoms with E-state index in [1.54, 1.807) is 0 Å². The first-order valence-corrected chi connectivity index (χ1v) is 11.0. The Morgan fingerprint density at radius 3 is 1.00 bits per heavy atom. The van der Waals surface area contributed by atoms with E-state index in [0.29, 0.717) is 0 Å². The molecule has 6 nitrogen and oxygen atoms in total. The van der Waals surface area contributed by atoms with E-state index in [9.17, 15) is 19.8 Å². The number of quaternary nitrogens is 2. The molecule has 0 saturated heterocycles. The van der Waals surface area contributed by atoms with Crippen LogP contribution in [0.1, 0.15) is 98.3 Å². The molecule has 0 rings (SSSR count). The smallest absolute Gasteiger partial charge is 0.0755 e. The van der Waals surface area contributed by atoms with Gasteiger partial charge in [-0.15, -0.1) is 0 Å². The Hall–Kier alpha value is -1.14. The Kier molecular flexibility index (Phi) is 33.5. The predicted octanol–water partition coefficient (Wildman–Crippen LogP) is -0.0435. The Bertz CT molecular complexity index is 260. The summed E-state index contributed by atoms with van der Waals surface area (Å²) < 4.78 is 0. The second-order valence-electron chi connectivity index (χ2n) is 6.74. The van der Waals surface area contributed by atoms with Crippen LogP contribution in [0.4, 0.5) is 0 Å². The molecule has 0 aliphatic heterocycles. The predicted molar refractivity (Wildman–Crippen MR) is 107 cm³/mol. The van der Waals surface area contributed by atoms with Gasteiger partial charge in [0.25, 0.3) is 0 Å². The van der Waals surface area contributed by atoms with Gasteiger partial charge in [-0.2, -0.15) is 0 Å². The van der Waals surface area contributed by atoms with E-state index in [2.05, 4.69) is 38.3 Å². The zero-order valence-corrected chi connectivity index (χ0v) is 18.4. The number of unbranched alkanes of at least 4 members (excludes halogenated alkanes) is 4. The monoisotopic (exact) mass is 390 g/mol. The molecule has 0 radical (unpaired) electrons. The fourth-order valence-electron chi connectivity index (χ4n) is 2.06. The lowest BCUT2D eigenvalue weighted by molar-refractivity contribution is -0.655. The Morgan fingerprint density at radius 2 is 0.815 bits per heavy atom. The maximum absolute atomic E-state index is 9.66. The van der Waals surface area contributed by atoms with Crippen LogP contribution in [0.15, 0.2) is 0 Å². The molecule has 0 saturated carbocycles. The van der Waals surface area contributed by atoms with Crippen molar-refractivity contribution in [1.29, 1.82) is 0 Å². The zero-order chi connectivity index (χ0) is 21.2. The second-order valence-corrected chi connectivity index (χ2v) is 6.74. The number of carbonyl (C=O) groups is 2. The van der Waals surface area contributed by atoms with Gasteiger partial charge in [0, 0.05) is 11.9 Å². The molecular formula is C21H46N2O4. The van der Waals surface area contributed by atoms with Crippen molar-refractivity contribution < 1.29 is 30.4 Å². The average molecular weight is 391 g/mol. The van der Waals surface area contributed by atoms with Crippen molar-refractivity contribution in [3.8, 4) is 0 Å². The van der Waals surface area contributed by atoms with Crippen LogP contribution in [0.25, 0.3) is 0 Å². The fraction of sp³-hybridized carbons (Fsp3) is 0.905. The molecule has 0 aromatic rings. The van der Waals surface area contributed by atoms with E-state index < -0.39 is 11.9 Å². The second kappa shape index (κ2) is 29.6. The molecule has 4 N–H and O–H groups in total. The highest BCUT2D eigenvalue weighted by Crippen LogP contribution is 1.90. The van der Waals surface area contributed by atoms with Gasteiger partial charge in [0.15, 0.2) is 0 Å². The maximum Gasteiger partial charge on any atom is 0.0755 e. The van der Waals surface area contributed by atoms with E-state index >= 15 is 0 Å².